The average molecular weight is 298 g/mol. The van der Waals surface area contributed by atoms with E-state index in [1.54, 1.807) is 12.0 Å². The highest BCUT2D eigenvalue weighted by Gasteiger charge is 2.11. The normalized spacial score (nSPS) is 12.1. The number of quaternary nitrogens is 1. The van der Waals surface area contributed by atoms with E-state index in [2.05, 4.69) is 62.4 Å². The lowest BCUT2D eigenvalue weighted by Gasteiger charge is -2.20. The van der Waals surface area contributed by atoms with Crippen molar-refractivity contribution in [1.29, 1.82) is 0 Å². The summed E-state index contributed by atoms with van der Waals surface area (Å²) >= 11 is 0. The van der Waals surface area contributed by atoms with Crippen LogP contribution in [0.3, 0.4) is 0 Å². The molecule has 0 aliphatic rings. The lowest BCUT2D eigenvalue weighted by Crippen LogP contribution is -3.09. The van der Waals surface area contributed by atoms with Gasteiger partial charge in [0.25, 0.3) is 0 Å². The van der Waals surface area contributed by atoms with Crippen molar-refractivity contribution in [3.8, 4) is 5.75 Å². The van der Waals surface area contributed by atoms with Crippen molar-refractivity contribution in [3.63, 3.8) is 0 Å². The van der Waals surface area contributed by atoms with Gasteiger partial charge in [-0.25, -0.2) is 0 Å². The van der Waals surface area contributed by atoms with E-state index in [1.165, 1.54) is 36.1 Å². The minimum Gasteiger partial charge on any atom is -0.496 e. The quantitative estimate of drug-likeness (QED) is 0.788. The number of rotatable bonds is 8. The van der Waals surface area contributed by atoms with Crippen LogP contribution >= 0.6 is 0 Å². The first kappa shape index (κ1) is 16.6. The molecule has 22 heavy (non-hydrogen) atoms. The molecular formula is C20H28NO+. The zero-order chi connectivity index (χ0) is 15.8. The predicted octanol–water partition coefficient (Wildman–Crippen LogP) is 3.39. The van der Waals surface area contributed by atoms with Crippen molar-refractivity contribution in [2.45, 2.75) is 39.8 Å². The first-order chi connectivity index (χ1) is 10.7. The lowest BCUT2D eigenvalue weighted by atomic mass is 10.1. The average Bonchev–Trinajstić information content (AvgIpc) is 2.54. The van der Waals surface area contributed by atoms with E-state index in [9.17, 15) is 0 Å². The monoisotopic (exact) mass is 298 g/mol. The summed E-state index contributed by atoms with van der Waals surface area (Å²) in [6.07, 6.45) is 2.53. The molecular weight excluding hydrogens is 270 g/mol. The highest BCUT2D eigenvalue weighted by atomic mass is 16.5. The van der Waals surface area contributed by atoms with Crippen LogP contribution in [0.1, 0.15) is 36.5 Å². The van der Waals surface area contributed by atoms with Crippen LogP contribution in [0.5, 0.6) is 5.75 Å². The number of unbranched alkanes of at least 4 members (excludes halogenated alkanes) is 1. The zero-order valence-corrected chi connectivity index (χ0v) is 14.1. The Morgan fingerprint density at radius 2 is 1.68 bits per heavy atom. The Hall–Kier alpha value is -1.80. The van der Waals surface area contributed by atoms with Crippen molar-refractivity contribution in [2.24, 2.45) is 0 Å². The van der Waals surface area contributed by atoms with E-state index < -0.39 is 0 Å². The van der Waals surface area contributed by atoms with Gasteiger partial charge in [-0.05, 0) is 37.1 Å². The first-order valence-corrected chi connectivity index (χ1v) is 8.24. The van der Waals surface area contributed by atoms with Gasteiger partial charge in [-0.2, -0.15) is 0 Å². The molecule has 2 aromatic rings. The minimum absolute atomic E-state index is 0.974. The van der Waals surface area contributed by atoms with Crippen molar-refractivity contribution < 1.29 is 9.64 Å². The molecule has 0 radical (unpaired) electrons. The molecule has 0 saturated carbocycles. The molecule has 0 amide bonds. The molecule has 1 unspecified atom stereocenters. The molecule has 2 nitrogen and oxygen atoms in total. The third kappa shape index (κ3) is 4.88. The number of ether oxygens (including phenoxy) is 1. The molecule has 2 heteroatoms. The largest absolute Gasteiger partial charge is 0.496 e. The summed E-state index contributed by atoms with van der Waals surface area (Å²) in [5, 5.41) is 0. The van der Waals surface area contributed by atoms with Gasteiger partial charge in [-0.3, -0.25) is 0 Å². The Morgan fingerprint density at radius 1 is 0.955 bits per heavy atom. The predicted molar refractivity (Wildman–Crippen MR) is 92.3 cm³/mol. The SMILES string of the molecule is CCCC[NH+](Cc1ccccc1)Cc1ccc(OC)c(C)c1. The minimum atomic E-state index is 0.974. The second-order valence-electron chi connectivity index (χ2n) is 6.00. The van der Waals surface area contributed by atoms with Gasteiger partial charge in [0, 0.05) is 11.1 Å². The van der Waals surface area contributed by atoms with Gasteiger partial charge in [0.1, 0.15) is 18.8 Å². The van der Waals surface area contributed by atoms with E-state index >= 15 is 0 Å². The van der Waals surface area contributed by atoms with Crippen LogP contribution in [0.4, 0.5) is 0 Å². The topological polar surface area (TPSA) is 13.7 Å². The summed E-state index contributed by atoms with van der Waals surface area (Å²) < 4.78 is 5.36. The van der Waals surface area contributed by atoms with Crippen molar-refractivity contribution >= 4 is 0 Å². The van der Waals surface area contributed by atoms with Crippen LogP contribution in [-0.2, 0) is 13.1 Å². The molecule has 1 N–H and O–H groups in total. The van der Waals surface area contributed by atoms with Crippen LogP contribution in [0.15, 0.2) is 48.5 Å². The fourth-order valence-electron chi connectivity index (χ4n) is 2.89. The van der Waals surface area contributed by atoms with Crippen molar-refractivity contribution in [1.82, 2.24) is 0 Å². The molecule has 0 aliphatic heterocycles. The lowest BCUT2D eigenvalue weighted by molar-refractivity contribution is -0.927. The first-order valence-electron chi connectivity index (χ1n) is 8.24. The Balaban J connectivity index is 2.07. The fourth-order valence-corrected chi connectivity index (χ4v) is 2.89. The summed E-state index contributed by atoms with van der Waals surface area (Å²) in [4.78, 5) is 1.62. The molecule has 0 fully saturated rings. The van der Waals surface area contributed by atoms with Crippen LogP contribution in [0.2, 0.25) is 0 Å². The molecule has 0 aromatic heterocycles. The fraction of sp³-hybridized carbons (Fsp3) is 0.400. The van der Waals surface area contributed by atoms with Gasteiger partial charge in [-0.1, -0.05) is 43.7 Å². The van der Waals surface area contributed by atoms with Gasteiger partial charge in [0.05, 0.1) is 13.7 Å². The summed E-state index contributed by atoms with van der Waals surface area (Å²) in [7, 11) is 1.73. The van der Waals surface area contributed by atoms with Crippen molar-refractivity contribution in [3.05, 3.63) is 65.2 Å². The van der Waals surface area contributed by atoms with Gasteiger partial charge in [0.2, 0.25) is 0 Å². The maximum Gasteiger partial charge on any atom is 0.121 e. The van der Waals surface area contributed by atoms with E-state index in [1.807, 2.05) is 0 Å². The Bertz CT molecular complexity index is 565. The van der Waals surface area contributed by atoms with Crippen LogP contribution in [0, 0.1) is 6.92 Å². The number of methoxy groups -OCH3 is 1. The summed E-state index contributed by atoms with van der Waals surface area (Å²) in [6.45, 7) is 7.75. The molecule has 0 saturated heterocycles. The molecule has 0 heterocycles. The second kappa shape index (κ2) is 8.60. The summed E-state index contributed by atoms with van der Waals surface area (Å²) in [6, 6.07) is 17.3. The number of hydrogen-bond donors (Lipinski definition) is 1. The maximum atomic E-state index is 5.36. The van der Waals surface area contributed by atoms with Crippen LogP contribution < -0.4 is 9.64 Å². The Labute approximate surface area is 134 Å². The molecule has 1 atom stereocenters. The molecule has 0 spiro atoms. The van der Waals surface area contributed by atoms with Gasteiger partial charge >= 0.3 is 0 Å². The Kier molecular flexibility index (Phi) is 6.47. The summed E-state index contributed by atoms with van der Waals surface area (Å²) in [5.41, 5.74) is 4.02. The van der Waals surface area contributed by atoms with Gasteiger partial charge in [0.15, 0.2) is 0 Å². The summed E-state index contributed by atoms with van der Waals surface area (Å²) in [5.74, 6) is 0.974. The standard InChI is InChI=1S/C20H27NO/c1-4-5-13-21(15-18-9-7-6-8-10-18)16-19-11-12-20(22-3)17(2)14-19/h6-12,14H,4-5,13,15-16H2,1-3H3/p+1. The highest BCUT2D eigenvalue weighted by molar-refractivity contribution is 5.35. The van der Waals surface area contributed by atoms with Gasteiger partial charge in [-0.15, -0.1) is 0 Å². The van der Waals surface area contributed by atoms with Gasteiger partial charge < -0.3 is 9.64 Å². The number of aryl methyl sites for hydroxylation is 1. The number of benzene rings is 2. The molecule has 2 rings (SSSR count). The zero-order valence-electron chi connectivity index (χ0n) is 14.1. The molecule has 118 valence electrons. The number of nitrogens with one attached hydrogen (secondary N) is 1. The van der Waals surface area contributed by atoms with E-state index in [4.69, 9.17) is 4.74 Å². The molecule has 0 bridgehead atoms. The molecule has 2 aromatic carbocycles. The highest BCUT2D eigenvalue weighted by Crippen LogP contribution is 2.18. The van der Waals surface area contributed by atoms with E-state index in [0.29, 0.717) is 0 Å². The third-order valence-electron chi connectivity index (χ3n) is 4.09. The maximum absolute atomic E-state index is 5.36. The molecule has 0 aliphatic carbocycles. The van der Waals surface area contributed by atoms with Crippen LogP contribution in [-0.4, -0.2) is 13.7 Å². The number of hydrogen-bond acceptors (Lipinski definition) is 1. The van der Waals surface area contributed by atoms with E-state index in [0.717, 1.165) is 18.8 Å². The van der Waals surface area contributed by atoms with Crippen LogP contribution in [0.25, 0.3) is 0 Å². The Morgan fingerprint density at radius 3 is 2.32 bits per heavy atom. The third-order valence-corrected chi connectivity index (χ3v) is 4.09. The van der Waals surface area contributed by atoms with E-state index in [-0.39, 0.29) is 0 Å². The van der Waals surface area contributed by atoms with Crippen molar-refractivity contribution in [2.75, 3.05) is 13.7 Å². The second-order valence-corrected chi connectivity index (χ2v) is 6.00. The smallest absolute Gasteiger partial charge is 0.121 e.